The molecule has 2 aromatic carbocycles. The smallest absolute Gasteiger partial charge is 0.408 e. The molecule has 3 N–H and O–H groups in total. The lowest BCUT2D eigenvalue weighted by atomic mass is 9.85. The fourth-order valence-electron chi connectivity index (χ4n) is 7.23. The third-order valence-electron chi connectivity index (χ3n) is 10.8. The first-order valence-corrected chi connectivity index (χ1v) is 19.5. The molecule has 4 amide bonds. The van der Waals surface area contributed by atoms with E-state index in [0.29, 0.717) is 31.4 Å². The van der Waals surface area contributed by atoms with Gasteiger partial charge in [-0.05, 0) is 55.1 Å². The van der Waals surface area contributed by atoms with Gasteiger partial charge in [-0.3, -0.25) is 19.1 Å². The van der Waals surface area contributed by atoms with Crippen LogP contribution in [0.5, 0.6) is 0 Å². The highest BCUT2D eigenvalue weighted by Gasteiger charge is 2.67. The van der Waals surface area contributed by atoms with Gasteiger partial charge >= 0.3 is 6.09 Å². The number of fused-ring (bicyclic) bond motifs is 3. The first-order chi connectivity index (χ1) is 25.1. The number of sulfonamides is 1. The minimum atomic E-state index is -4.12. The summed E-state index contributed by atoms with van der Waals surface area (Å²) in [5.74, 6) is -4.49. The van der Waals surface area contributed by atoms with E-state index in [1.807, 2.05) is 53.3 Å². The number of oxime groups is 1. The second-order valence-electron chi connectivity index (χ2n) is 15.7. The van der Waals surface area contributed by atoms with Crippen LogP contribution in [0.2, 0.25) is 0 Å². The summed E-state index contributed by atoms with van der Waals surface area (Å²) in [5.41, 5.74) is 1.07. The quantitative estimate of drug-likeness (QED) is 0.248. The normalized spacial score (nSPS) is 25.4. The third-order valence-corrected chi connectivity index (χ3v) is 12.6. The SMILES string of the molecule is CC(C)(C)[C@H](NC(=O)OC1CCC1)C(=O)N1C[C@H](ON=C2c3ccccc3-c3ccccc32)C[C@H]1C(=O)N[C@@]1(C(=O)NS(=O)(=O)C2CC2)C[C@H]1C(F)F. The molecule has 0 unspecified atom stereocenters. The van der Waals surface area contributed by atoms with Crippen LogP contribution < -0.4 is 15.4 Å². The number of carbonyl (C=O) groups excluding carboxylic acids is 4. The molecule has 5 atom stereocenters. The highest BCUT2D eigenvalue weighted by molar-refractivity contribution is 7.91. The van der Waals surface area contributed by atoms with Crippen molar-refractivity contribution in [1.29, 1.82) is 0 Å². The lowest BCUT2D eigenvalue weighted by Gasteiger charge is -2.36. The molecule has 0 bridgehead atoms. The summed E-state index contributed by atoms with van der Waals surface area (Å²) in [4.78, 5) is 62.0. The van der Waals surface area contributed by atoms with Crippen molar-refractivity contribution in [2.24, 2.45) is 16.5 Å². The molecule has 2 aromatic rings. The molecule has 3 saturated carbocycles. The number of rotatable bonds is 11. The molecular weight excluding hydrogens is 712 g/mol. The van der Waals surface area contributed by atoms with Gasteiger partial charge in [-0.1, -0.05) is 74.5 Å². The van der Waals surface area contributed by atoms with Gasteiger partial charge in [0.1, 0.15) is 35.5 Å². The summed E-state index contributed by atoms with van der Waals surface area (Å²) >= 11 is 0. The van der Waals surface area contributed by atoms with Gasteiger partial charge in [-0.2, -0.15) is 0 Å². The van der Waals surface area contributed by atoms with Crippen molar-refractivity contribution in [3.63, 3.8) is 0 Å². The van der Waals surface area contributed by atoms with Crippen molar-refractivity contribution in [2.45, 2.75) is 107 Å². The maximum atomic E-state index is 14.4. The van der Waals surface area contributed by atoms with E-state index >= 15 is 0 Å². The molecular formula is C37H43F2N5O8S. The number of hydrogen-bond acceptors (Lipinski definition) is 9. The Hall–Kier alpha value is -4.60. The predicted molar refractivity (Wildman–Crippen MR) is 188 cm³/mol. The maximum Gasteiger partial charge on any atom is 0.408 e. The Balaban J connectivity index is 1.16. The van der Waals surface area contributed by atoms with Crippen LogP contribution in [0, 0.1) is 11.3 Å². The van der Waals surface area contributed by atoms with Crippen LogP contribution in [-0.4, -0.2) is 90.9 Å². The number of benzene rings is 2. The number of nitrogens with one attached hydrogen (secondary N) is 3. The van der Waals surface area contributed by atoms with E-state index in [-0.39, 0.29) is 19.1 Å². The Morgan fingerprint density at radius 3 is 2.04 bits per heavy atom. The van der Waals surface area contributed by atoms with E-state index in [1.54, 1.807) is 20.8 Å². The van der Waals surface area contributed by atoms with Gasteiger partial charge in [0.05, 0.1) is 17.7 Å². The van der Waals surface area contributed by atoms with E-state index in [1.165, 1.54) is 4.90 Å². The minimum absolute atomic E-state index is 0.140. The van der Waals surface area contributed by atoms with Crippen LogP contribution in [0.15, 0.2) is 53.7 Å². The van der Waals surface area contributed by atoms with Crippen LogP contribution in [0.3, 0.4) is 0 Å². The fourth-order valence-corrected chi connectivity index (χ4v) is 8.59. The summed E-state index contributed by atoms with van der Waals surface area (Å²) in [6.07, 6.45) is -2.57. The van der Waals surface area contributed by atoms with Crippen LogP contribution in [0.25, 0.3) is 11.1 Å². The lowest BCUT2D eigenvalue weighted by molar-refractivity contribution is -0.143. The van der Waals surface area contributed by atoms with Crippen molar-refractivity contribution in [3.05, 3.63) is 59.7 Å². The van der Waals surface area contributed by atoms with Crippen molar-refractivity contribution >= 4 is 39.5 Å². The number of likely N-dealkylation sites (tertiary alicyclic amines) is 1. The van der Waals surface area contributed by atoms with Crippen molar-refractivity contribution < 1.29 is 46.0 Å². The fraction of sp³-hybridized carbons (Fsp3) is 0.541. The average molecular weight is 756 g/mol. The molecule has 1 saturated heterocycles. The van der Waals surface area contributed by atoms with Gasteiger partial charge < -0.3 is 25.1 Å². The number of hydrogen-bond donors (Lipinski definition) is 3. The number of ether oxygens (including phenoxy) is 1. The van der Waals surface area contributed by atoms with Crippen molar-refractivity contribution in [1.82, 2.24) is 20.3 Å². The van der Waals surface area contributed by atoms with Crippen molar-refractivity contribution in [3.8, 4) is 11.1 Å². The number of halogens is 2. The van der Waals surface area contributed by atoms with Crippen LogP contribution in [0.4, 0.5) is 13.6 Å². The topological polar surface area (TPSA) is 173 Å². The third kappa shape index (κ3) is 7.21. The standard InChI is InChI=1S/C37H43F2N5O8S/c1-36(2,3)30(40-35(48)51-20-9-8-10-20)33(46)44-19-21(52-42-29-25-13-6-4-11-23(25)24-12-5-7-14-26(24)29)17-28(44)32(45)41-37(18-27(37)31(38)39)34(47)43-53(49,50)22-15-16-22/h4-7,11-14,20-22,27-28,30-31H,8-10,15-19H2,1-3H3,(H,40,48)(H,41,45)(H,43,47)/t21-,27+,28+,30-,37+/m1/s1. The van der Waals surface area contributed by atoms with Gasteiger partial charge in [0.2, 0.25) is 28.3 Å². The molecule has 53 heavy (non-hydrogen) atoms. The second-order valence-corrected chi connectivity index (χ2v) is 17.6. The second kappa shape index (κ2) is 13.7. The molecule has 0 spiro atoms. The van der Waals surface area contributed by atoms with E-state index in [9.17, 15) is 36.4 Å². The Morgan fingerprint density at radius 2 is 1.53 bits per heavy atom. The molecule has 7 rings (SSSR count). The van der Waals surface area contributed by atoms with E-state index < -0.39 is 87.0 Å². The summed E-state index contributed by atoms with van der Waals surface area (Å²) in [6, 6.07) is 12.8. The molecule has 4 fully saturated rings. The Kier molecular flexibility index (Phi) is 9.48. The first kappa shape index (κ1) is 36.7. The highest BCUT2D eigenvalue weighted by atomic mass is 32.2. The van der Waals surface area contributed by atoms with Gasteiger partial charge in [0, 0.05) is 17.5 Å². The van der Waals surface area contributed by atoms with E-state index in [4.69, 9.17) is 9.57 Å². The zero-order valence-electron chi connectivity index (χ0n) is 29.6. The summed E-state index contributed by atoms with van der Waals surface area (Å²) < 4.78 is 60.7. The monoisotopic (exact) mass is 755 g/mol. The Bertz CT molecular complexity index is 1910. The first-order valence-electron chi connectivity index (χ1n) is 18.0. The summed E-state index contributed by atoms with van der Waals surface area (Å²) in [7, 11) is -4.12. The Morgan fingerprint density at radius 1 is 0.925 bits per heavy atom. The van der Waals surface area contributed by atoms with Crippen LogP contribution in [-0.2, 0) is 34.0 Å². The average Bonchev–Trinajstić information content (AvgIpc) is 4.00. The molecule has 5 aliphatic rings. The molecule has 1 heterocycles. The summed E-state index contributed by atoms with van der Waals surface area (Å²) in [5, 5.41) is 8.79. The van der Waals surface area contributed by atoms with Crippen molar-refractivity contribution in [2.75, 3.05) is 6.54 Å². The molecule has 4 aliphatic carbocycles. The zero-order chi connectivity index (χ0) is 37.9. The summed E-state index contributed by atoms with van der Waals surface area (Å²) in [6.45, 7) is 5.03. The number of alkyl halides is 2. The molecule has 0 radical (unpaired) electrons. The molecule has 284 valence electrons. The van der Waals surface area contributed by atoms with Crippen LogP contribution >= 0.6 is 0 Å². The van der Waals surface area contributed by atoms with E-state index in [2.05, 4.69) is 15.8 Å². The molecule has 0 aromatic heterocycles. The minimum Gasteiger partial charge on any atom is -0.446 e. The van der Waals surface area contributed by atoms with Gasteiger partial charge in [0.25, 0.3) is 5.91 Å². The van der Waals surface area contributed by atoms with E-state index in [0.717, 1.165) is 28.7 Å². The largest absolute Gasteiger partial charge is 0.446 e. The lowest BCUT2D eigenvalue weighted by Crippen LogP contribution is -2.60. The number of alkyl carbamates (subject to hydrolysis) is 1. The zero-order valence-corrected chi connectivity index (χ0v) is 30.5. The highest BCUT2D eigenvalue weighted by Crippen LogP contribution is 2.48. The number of carbonyl (C=O) groups is 4. The van der Waals surface area contributed by atoms with Gasteiger partial charge in [-0.15, -0.1) is 0 Å². The molecule has 16 heteroatoms. The number of nitrogens with zero attached hydrogens (tertiary/aromatic N) is 2. The predicted octanol–water partition coefficient (Wildman–Crippen LogP) is 3.85. The Labute approximate surface area is 306 Å². The van der Waals surface area contributed by atoms with Gasteiger partial charge in [0.15, 0.2) is 0 Å². The van der Waals surface area contributed by atoms with Crippen LogP contribution in [0.1, 0.15) is 76.8 Å². The number of amides is 4. The maximum absolute atomic E-state index is 14.4. The molecule has 13 nitrogen and oxygen atoms in total. The molecule has 1 aliphatic heterocycles. The van der Waals surface area contributed by atoms with Gasteiger partial charge in [-0.25, -0.2) is 22.0 Å².